The van der Waals surface area contributed by atoms with Crippen molar-refractivity contribution in [2.24, 2.45) is 0 Å². The molecule has 0 aromatic heterocycles. The van der Waals surface area contributed by atoms with Crippen LogP contribution >= 0.6 is 23.2 Å². The molecule has 8 heteroatoms. The van der Waals surface area contributed by atoms with Gasteiger partial charge in [-0.25, -0.2) is 0 Å². The van der Waals surface area contributed by atoms with Crippen LogP contribution in [0.2, 0.25) is 10.0 Å². The molecular weight excluding hydrogens is 427 g/mol. The number of non-ortho nitro benzene ring substituents is 1. The molecule has 3 aromatic rings. The molecule has 0 unspecified atom stereocenters. The van der Waals surface area contributed by atoms with E-state index in [0.717, 1.165) is 16.7 Å². The minimum Gasteiger partial charge on any atom is -0.493 e. The summed E-state index contributed by atoms with van der Waals surface area (Å²) in [6.07, 6.45) is 0. The van der Waals surface area contributed by atoms with Gasteiger partial charge in [-0.05, 0) is 41.0 Å². The molecule has 0 saturated heterocycles. The van der Waals surface area contributed by atoms with E-state index in [2.05, 4.69) is 5.32 Å². The van der Waals surface area contributed by atoms with Crippen molar-refractivity contribution in [1.29, 1.82) is 0 Å². The number of benzene rings is 3. The van der Waals surface area contributed by atoms with Crippen LogP contribution in [0.15, 0.2) is 60.7 Å². The number of halogens is 2. The first-order chi connectivity index (χ1) is 14.5. The Morgan fingerprint density at radius 1 is 0.933 bits per heavy atom. The third kappa shape index (κ3) is 5.63. The Morgan fingerprint density at radius 3 is 2.30 bits per heavy atom. The summed E-state index contributed by atoms with van der Waals surface area (Å²) in [7, 11) is 1.56. The normalized spacial score (nSPS) is 10.6. The van der Waals surface area contributed by atoms with Crippen molar-refractivity contribution in [3.8, 4) is 11.5 Å². The molecule has 0 heterocycles. The molecule has 0 aliphatic carbocycles. The fraction of sp³-hybridized carbons (Fsp3) is 0.182. The van der Waals surface area contributed by atoms with E-state index in [9.17, 15) is 10.1 Å². The monoisotopic (exact) mass is 446 g/mol. The number of hydrogen-bond acceptors (Lipinski definition) is 5. The predicted octanol–water partition coefficient (Wildman–Crippen LogP) is 5.78. The maximum atomic E-state index is 10.7. The van der Waals surface area contributed by atoms with Gasteiger partial charge in [0.1, 0.15) is 6.61 Å². The molecule has 156 valence electrons. The maximum absolute atomic E-state index is 10.7. The van der Waals surface area contributed by atoms with Crippen LogP contribution in [0.5, 0.6) is 11.5 Å². The van der Waals surface area contributed by atoms with Gasteiger partial charge in [0.25, 0.3) is 5.69 Å². The second-order valence-corrected chi connectivity index (χ2v) is 7.32. The van der Waals surface area contributed by atoms with Crippen molar-refractivity contribution >= 4 is 28.9 Å². The zero-order valence-electron chi connectivity index (χ0n) is 16.2. The summed E-state index contributed by atoms with van der Waals surface area (Å²) in [5.41, 5.74) is 2.70. The topological polar surface area (TPSA) is 73.6 Å². The minimum atomic E-state index is -0.439. The molecule has 0 saturated carbocycles. The lowest BCUT2D eigenvalue weighted by molar-refractivity contribution is -0.384. The van der Waals surface area contributed by atoms with E-state index in [1.165, 1.54) is 12.1 Å². The van der Waals surface area contributed by atoms with Crippen molar-refractivity contribution in [3.05, 3.63) is 97.5 Å². The Balaban J connectivity index is 1.64. The van der Waals surface area contributed by atoms with Gasteiger partial charge in [0.05, 0.1) is 12.0 Å². The first kappa shape index (κ1) is 21.9. The Morgan fingerprint density at radius 2 is 1.63 bits per heavy atom. The van der Waals surface area contributed by atoms with Crippen LogP contribution in [0.25, 0.3) is 0 Å². The van der Waals surface area contributed by atoms with Gasteiger partial charge in [0.2, 0.25) is 0 Å². The van der Waals surface area contributed by atoms with Crippen LogP contribution in [-0.4, -0.2) is 12.0 Å². The summed E-state index contributed by atoms with van der Waals surface area (Å²) in [6, 6.07) is 17.4. The second-order valence-electron chi connectivity index (χ2n) is 6.50. The maximum Gasteiger partial charge on any atom is 0.269 e. The molecule has 0 radical (unpaired) electrons. The third-order valence-electron chi connectivity index (χ3n) is 4.46. The lowest BCUT2D eigenvalue weighted by Gasteiger charge is -2.14. The minimum absolute atomic E-state index is 0.0352. The van der Waals surface area contributed by atoms with E-state index in [-0.39, 0.29) is 12.3 Å². The Labute approximate surface area is 184 Å². The van der Waals surface area contributed by atoms with Crippen LogP contribution in [-0.2, 0) is 19.7 Å². The van der Waals surface area contributed by atoms with Crippen molar-refractivity contribution < 1.29 is 14.4 Å². The number of rotatable bonds is 9. The SMILES string of the molecule is COc1cc(CNCc2ccccc2Cl)c(Cl)cc1OCc1ccc([N+](=O)[O-])cc1. The summed E-state index contributed by atoms with van der Waals surface area (Å²) in [6.45, 7) is 1.37. The standard InChI is InChI=1S/C22H20Cl2N2O4/c1-29-21-10-17(13-25-12-16-4-2-3-5-19(16)23)20(24)11-22(21)30-14-15-6-8-18(9-7-15)26(27)28/h2-11,25H,12-14H2,1H3. The lowest BCUT2D eigenvalue weighted by atomic mass is 10.1. The van der Waals surface area contributed by atoms with Crippen molar-refractivity contribution in [1.82, 2.24) is 5.32 Å². The van der Waals surface area contributed by atoms with Gasteiger partial charge in [0, 0.05) is 41.3 Å². The highest BCUT2D eigenvalue weighted by atomic mass is 35.5. The summed E-state index contributed by atoms with van der Waals surface area (Å²) < 4.78 is 11.3. The molecule has 3 rings (SSSR count). The Bertz CT molecular complexity index is 1030. The van der Waals surface area contributed by atoms with Gasteiger partial charge in [-0.3, -0.25) is 10.1 Å². The van der Waals surface area contributed by atoms with Gasteiger partial charge >= 0.3 is 0 Å². The van der Waals surface area contributed by atoms with Crippen LogP contribution in [0.1, 0.15) is 16.7 Å². The quantitative estimate of drug-likeness (QED) is 0.333. The van der Waals surface area contributed by atoms with Gasteiger partial charge in [0.15, 0.2) is 11.5 Å². The van der Waals surface area contributed by atoms with E-state index >= 15 is 0 Å². The average molecular weight is 447 g/mol. The lowest BCUT2D eigenvalue weighted by Crippen LogP contribution is -2.13. The van der Waals surface area contributed by atoms with E-state index < -0.39 is 4.92 Å². The smallest absolute Gasteiger partial charge is 0.269 e. The number of nitrogens with one attached hydrogen (secondary N) is 1. The largest absolute Gasteiger partial charge is 0.493 e. The molecule has 0 aliphatic rings. The molecule has 0 spiro atoms. The number of ether oxygens (including phenoxy) is 2. The summed E-state index contributed by atoms with van der Waals surface area (Å²) in [5.74, 6) is 1.05. The Kier molecular flexibility index (Phi) is 7.52. The first-order valence-corrected chi connectivity index (χ1v) is 9.90. The van der Waals surface area contributed by atoms with Gasteiger partial charge in [-0.1, -0.05) is 41.4 Å². The molecular formula is C22H20Cl2N2O4. The van der Waals surface area contributed by atoms with Gasteiger partial charge in [-0.2, -0.15) is 0 Å². The zero-order chi connectivity index (χ0) is 21.5. The Hall–Kier alpha value is -2.80. The number of hydrogen-bond donors (Lipinski definition) is 1. The van der Waals surface area contributed by atoms with Gasteiger partial charge in [-0.15, -0.1) is 0 Å². The summed E-state index contributed by atoms with van der Waals surface area (Å²) in [5, 5.41) is 15.3. The summed E-state index contributed by atoms with van der Waals surface area (Å²) >= 11 is 12.6. The molecule has 6 nitrogen and oxygen atoms in total. The molecule has 0 amide bonds. The molecule has 0 atom stereocenters. The highest BCUT2D eigenvalue weighted by molar-refractivity contribution is 6.31. The van der Waals surface area contributed by atoms with Crippen LogP contribution in [0.4, 0.5) is 5.69 Å². The zero-order valence-corrected chi connectivity index (χ0v) is 17.7. The number of nitrogens with zero attached hydrogens (tertiary/aromatic N) is 1. The third-order valence-corrected chi connectivity index (χ3v) is 5.18. The predicted molar refractivity (Wildman–Crippen MR) is 117 cm³/mol. The van der Waals surface area contributed by atoms with Crippen molar-refractivity contribution in [3.63, 3.8) is 0 Å². The molecule has 3 aromatic carbocycles. The number of nitro benzene ring substituents is 1. The molecule has 0 fully saturated rings. The van der Waals surface area contributed by atoms with Crippen LogP contribution in [0.3, 0.4) is 0 Å². The van der Waals surface area contributed by atoms with E-state index in [1.54, 1.807) is 25.3 Å². The average Bonchev–Trinajstić information content (AvgIpc) is 2.75. The molecule has 0 aliphatic heterocycles. The number of methoxy groups -OCH3 is 1. The number of nitro groups is 1. The van der Waals surface area contributed by atoms with E-state index in [0.29, 0.717) is 34.6 Å². The molecule has 30 heavy (non-hydrogen) atoms. The van der Waals surface area contributed by atoms with E-state index in [4.69, 9.17) is 32.7 Å². The van der Waals surface area contributed by atoms with E-state index in [1.807, 2.05) is 30.3 Å². The first-order valence-electron chi connectivity index (χ1n) is 9.14. The summed E-state index contributed by atoms with van der Waals surface area (Å²) in [4.78, 5) is 10.3. The highest BCUT2D eigenvalue weighted by Gasteiger charge is 2.12. The van der Waals surface area contributed by atoms with Crippen molar-refractivity contribution in [2.75, 3.05) is 7.11 Å². The van der Waals surface area contributed by atoms with Crippen LogP contribution in [0, 0.1) is 10.1 Å². The fourth-order valence-electron chi connectivity index (χ4n) is 2.83. The fourth-order valence-corrected chi connectivity index (χ4v) is 3.26. The second kappa shape index (κ2) is 10.3. The van der Waals surface area contributed by atoms with Crippen molar-refractivity contribution in [2.45, 2.75) is 19.7 Å². The molecule has 0 bridgehead atoms. The highest BCUT2D eigenvalue weighted by Crippen LogP contribution is 2.34. The van der Waals surface area contributed by atoms with Gasteiger partial charge < -0.3 is 14.8 Å². The molecule has 1 N–H and O–H groups in total. The van der Waals surface area contributed by atoms with Crippen LogP contribution < -0.4 is 14.8 Å².